The predicted octanol–water partition coefficient (Wildman–Crippen LogP) is 3.37. The van der Waals surface area contributed by atoms with Crippen molar-refractivity contribution >= 4 is 22.6 Å². The third-order valence-corrected chi connectivity index (χ3v) is 7.86. The number of fused-ring (bicyclic) bond motifs is 1. The van der Waals surface area contributed by atoms with Crippen molar-refractivity contribution in [3.05, 3.63) is 36.9 Å². The smallest absolute Gasteiger partial charge is 0.228 e. The molecule has 1 N–H and O–H groups in total. The molecule has 196 valence electrons. The summed E-state index contributed by atoms with van der Waals surface area (Å²) in [5, 5.41) is 13.2. The van der Waals surface area contributed by atoms with E-state index in [1.54, 1.807) is 24.2 Å². The highest BCUT2D eigenvalue weighted by molar-refractivity contribution is 5.99. The summed E-state index contributed by atoms with van der Waals surface area (Å²) < 4.78 is 21.6. The molecule has 0 aromatic carbocycles. The molecule has 6 heterocycles. The van der Waals surface area contributed by atoms with Crippen molar-refractivity contribution in [3.8, 4) is 28.3 Å². The zero-order valence-electron chi connectivity index (χ0n) is 21.4. The van der Waals surface area contributed by atoms with Gasteiger partial charge in [0.25, 0.3) is 0 Å². The first kappa shape index (κ1) is 23.3. The van der Waals surface area contributed by atoms with Crippen LogP contribution >= 0.6 is 0 Å². The van der Waals surface area contributed by atoms with E-state index in [4.69, 9.17) is 24.4 Å². The molecule has 11 heteroatoms. The normalized spacial score (nSPS) is 22.9. The van der Waals surface area contributed by atoms with Crippen molar-refractivity contribution < 1.29 is 19.0 Å². The van der Waals surface area contributed by atoms with Gasteiger partial charge in [0.15, 0.2) is 5.75 Å². The molecule has 3 fully saturated rings. The largest absolute Gasteiger partial charge is 0.494 e. The zero-order chi connectivity index (χ0) is 25.9. The topological polar surface area (TPSA) is 118 Å². The quantitative estimate of drug-likeness (QED) is 0.415. The summed E-state index contributed by atoms with van der Waals surface area (Å²) >= 11 is 0. The van der Waals surface area contributed by atoms with Crippen molar-refractivity contribution in [2.45, 2.75) is 37.3 Å². The second-order valence-corrected chi connectivity index (χ2v) is 10.3. The molecule has 1 aliphatic carbocycles. The Bertz CT molecular complexity index is 1530. The van der Waals surface area contributed by atoms with Gasteiger partial charge in [0.2, 0.25) is 5.91 Å². The van der Waals surface area contributed by atoms with Crippen LogP contribution in [0.15, 0.2) is 36.9 Å². The van der Waals surface area contributed by atoms with Gasteiger partial charge < -0.3 is 19.5 Å². The summed E-state index contributed by atoms with van der Waals surface area (Å²) in [6.07, 6.45) is 11.2. The number of anilines is 1. The van der Waals surface area contributed by atoms with Crippen LogP contribution in [-0.2, 0) is 21.3 Å². The SMILES string of the molecule is COc1c(-c2cnn([C@@H]3COC[C@]34CCCO4)c2)ccnc1-c1nn(C)c2cnc(NC(=O)C3CC3)cc12. The van der Waals surface area contributed by atoms with Crippen molar-refractivity contribution in [3.63, 3.8) is 0 Å². The van der Waals surface area contributed by atoms with Crippen LogP contribution in [0.25, 0.3) is 33.4 Å². The maximum absolute atomic E-state index is 12.3. The Balaban J connectivity index is 1.27. The molecule has 1 saturated carbocycles. The van der Waals surface area contributed by atoms with E-state index in [-0.39, 0.29) is 23.5 Å². The predicted molar refractivity (Wildman–Crippen MR) is 139 cm³/mol. The van der Waals surface area contributed by atoms with Crippen LogP contribution in [0.2, 0.25) is 0 Å². The number of nitrogens with one attached hydrogen (secondary N) is 1. The average molecular weight is 516 g/mol. The van der Waals surface area contributed by atoms with Gasteiger partial charge in [-0.15, -0.1) is 0 Å². The molecule has 4 aromatic heterocycles. The van der Waals surface area contributed by atoms with Gasteiger partial charge in [0.05, 0.1) is 38.2 Å². The third kappa shape index (κ3) is 3.76. The second kappa shape index (κ2) is 8.88. The molecule has 3 aliphatic rings. The van der Waals surface area contributed by atoms with E-state index in [0.717, 1.165) is 54.3 Å². The summed E-state index contributed by atoms with van der Waals surface area (Å²) in [7, 11) is 3.50. The summed E-state index contributed by atoms with van der Waals surface area (Å²) in [6, 6.07) is 3.80. The molecular formula is C27H29N7O4. The fourth-order valence-corrected chi connectivity index (χ4v) is 5.67. The van der Waals surface area contributed by atoms with Gasteiger partial charge in [-0.05, 0) is 37.8 Å². The number of carbonyl (C=O) groups is 1. The maximum Gasteiger partial charge on any atom is 0.228 e. The van der Waals surface area contributed by atoms with Crippen molar-refractivity contribution in [1.29, 1.82) is 0 Å². The van der Waals surface area contributed by atoms with E-state index in [9.17, 15) is 4.79 Å². The number of ether oxygens (including phenoxy) is 3. The zero-order valence-corrected chi connectivity index (χ0v) is 21.4. The van der Waals surface area contributed by atoms with Gasteiger partial charge in [-0.1, -0.05) is 0 Å². The lowest BCUT2D eigenvalue weighted by molar-refractivity contribution is -0.117. The van der Waals surface area contributed by atoms with E-state index in [0.29, 0.717) is 36.2 Å². The fraction of sp³-hybridized carbons (Fsp3) is 0.444. The third-order valence-electron chi connectivity index (χ3n) is 7.86. The number of rotatable bonds is 6. The highest BCUT2D eigenvalue weighted by Gasteiger charge is 2.49. The van der Waals surface area contributed by atoms with E-state index >= 15 is 0 Å². The highest BCUT2D eigenvalue weighted by Crippen LogP contribution is 2.43. The lowest BCUT2D eigenvalue weighted by atomic mass is 9.94. The Morgan fingerprint density at radius 1 is 1.24 bits per heavy atom. The van der Waals surface area contributed by atoms with E-state index < -0.39 is 0 Å². The summed E-state index contributed by atoms with van der Waals surface area (Å²) in [6.45, 7) is 1.93. The van der Waals surface area contributed by atoms with Gasteiger partial charge in [-0.3, -0.25) is 19.1 Å². The molecule has 0 radical (unpaired) electrons. The van der Waals surface area contributed by atoms with Crippen molar-refractivity contribution in [1.82, 2.24) is 29.5 Å². The summed E-state index contributed by atoms with van der Waals surface area (Å²) in [5.74, 6) is 1.20. The van der Waals surface area contributed by atoms with E-state index in [2.05, 4.69) is 15.3 Å². The van der Waals surface area contributed by atoms with Gasteiger partial charge in [-0.25, -0.2) is 4.98 Å². The minimum absolute atomic E-state index is 0.00875. The minimum atomic E-state index is -0.301. The van der Waals surface area contributed by atoms with Crippen LogP contribution in [0.3, 0.4) is 0 Å². The number of methoxy groups -OCH3 is 1. The Morgan fingerprint density at radius 3 is 2.92 bits per heavy atom. The van der Waals surface area contributed by atoms with Crippen molar-refractivity contribution in [2.24, 2.45) is 13.0 Å². The van der Waals surface area contributed by atoms with Crippen LogP contribution < -0.4 is 10.1 Å². The first-order valence-corrected chi connectivity index (χ1v) is 13.0. The lowest BCUT2D eigenvalue weighted by Gasteiger charge is -2.28. The number of hydrogen-bond acceptors (Lipinski definition) is 8. The summed E-state index contributed by atoms with van der Waals surface area (Å²) in [4.78, 5) is 21.4. The molecule has 0 bridgehead atoms. The van der Waals surface area contributed by atoms with Gasteiger partial charge in [0.1, 0.15) is 28.8 Å². The second-order valence-electron chi connectivity index (χ2n) is 10.3. The number of amides is 1. The van der Waals surface area contributed by atoms with Gasteiger partial charge in [-0.2, -0.15) is 10.2 Å². The fourth-order valence-electron chi connectivity index (χ4n) is 5.67. The molecule has 1 spiro atoms. The molecule has 11 nitrogen and oxygen atoms in total. The first-order chi connectivity index (χ1) is 18.6. The van der Waals surface area contributed by atoms with Gasteiger partial charge in [0, 0.05) is 48.5 Å². The van der Waals surface area contributed by atoms with E-state index in [1.807, 2.05) is 36.3 Å². The molecule has 1 amide bonds. The Kier molecular flexibility index (Phi) is 5.45. The maximum atomic E-state index is 12.3. The molecule has 7 rings (SSSR count). The molecule has 2 atom stereocenters. The molecule has 38 heavy (non-hydrogen) atoms. The standard InChI is InChI=1S/C27H29N7O4/c1-33-20-12-29-22(31-26(35)16-4-5-16)10-19(20)23(32-33)24-25(36-2)18(6-8-28-24)17-11-30-34(13-17)21-14-37-15-27(21)7-3-9-38-27/h6,8,10-13,16,21H,3-5,7,9,14-15H2,1-2H3,(H,29,31,35)/t21-,27-/m1/s1. The lowest BCUT2D eigenvalue weighted by Crippen LogP contribution is -2.38. The van der Waals surface area contributed by atoms with E-state index in [1.165, 1.54) is 0 Å². The van der Waals surface area contributed by atoms with Crippen molar-refractivity contribution in [2.75, 3.05) is 32.2 Å². The number of aryl methyl sites for hydroxylation is 1. The van der Waals surface area contributed by atoms with Crippen LogP contribution in [-0.4, -0.2) is 68.0 Å². The number of pyridine rings is 2. The monoisotopic (exact) mass is 515 g/mol. The number of carbonyl (C=O) groups excluding carboxylic acids is 1. The highest BCUT2D eigenvalue weighted by atomic mass is 16.6. The van der Waals surface area contributed by atoms with Crippen LogP contribution in [0.1, 0.15) is 31.7 Å². The van der Waals surface area contributed by atoms with Crippen LogP contribution in [0.5, 0.6) is 5.75 Å². The Labute approximate surface area is 219 Å². The Morgan fingerprint density at radius 2 is 2.13 bits per heavy atom. The molecular weight excluding hydrogens is 486 g/mol. The number of hydrogen-bond donors (Lipinski definition) is 1. The average Bonchev–Trinajstić information content (AvgIpc) is 3.25. The molecule has 2 saturated heterocycles. The van der Waals surface area contributed by atoms with Gasteiger partial charge >= 0.3 is 0 Å². The summed E-state index contributed by atoms with van der Waals surface area (Å²) in [5.41, 5.74) is 3.55. The minimum Gasteiger partial charge on any atom is -0.494 e. The molecule has 0 unspecified atom stereocenters. The van der Waals surface area contributed by atoms with Crippen LogP contribution in [0.4, 0.5) is 5.82 Å². The number of nitrogens with zero attached hydrogens (tertiary/aromatic N) is 6. The first-order valence-electron chi connectivity index (χ1n) is 13.0. The number of aromatic nitrogens is 6. The molecule has 4 aromatic rings. The molecule has 2 aliphatic heterocycles. The van der Waals surface area contributed by atoms with Crippen LogP contribution in [0, 0.1) is 5.92 Å². The Hall–Kier alpha value is -3.83.